The van der Waals surface area contributed by atoms with Gasteiger partial charge in [-0.2, -0.15) is 4.98 Å². The van der Waals surface area contributed by atoms with E-state index in [-0.39, 0.29) is 17.9 Å². The van der Waals surface area contributed by atoms with Gasteiger partial charge in [-0.1, -0.05) is 37.6 Å². The Balaban J connectivity index is 1.41. The first-order valence-electron chi connectivity index (χ1n) is 13.9. The van der Waals surface area contributed by atoms with Gasteiger partial charge >= 0.3 is 5.97 Å². The second kappa shape index (κ2) is 12.3. The molecule has 2 unspecified atom stereocenters. The number of aromatic nitrogens is 2. The van der Waals surface area contributed by atoms with Gasteiger partial charge in [0.15, 0.2) is 5.82 Å². The number of para-hydroxylation sites is 1. The van der Waals surface area contributed by atoms with E-state index in [4.69, 9.17) is 21.4 Å². The number of fused-ring (bicyclic) bond motifs is 1. The van der Waals surface area contributed by atoms with Crippen molar-refractivity contribution in [3.8, 4) is 5.75 Å². The van der Waals surface area contributed by atoms with E-state index in [1.165, 1.54) is 17.3 Å². The second-order valence-electron chi connectivity index (χ2n) is 11.0. The predicted octanol–water partition coefficient (Wildman–Crippen LogP) is 6.03. The van der Waals surface area contributed by atoms with Crippen molar-refractivity contribution in [2.75, 3.05) is 30.3 Å². The molecule has 0 bridgehead atoms. The summed E-state index contributed by atoms with van der Waals surface area (Å²) >= 11 is 6.47. The molecule has 41 heavy (non-hydrogen) atoms. The van der Waals surface area contributed by atoms with Crippen LogP contribution in [0.2, 0.25) is 5.02 Å². The molecule has 0 aliphatic carbocycles. The van der Waals surface area contributed by atoms with Crippen LogP contribution in [0, 0.1) is 6.92 Å². The van der Waals surface area contributed by atoms with Crippen molar-refractivity contribution in [2.45, 2.75) is 69.1 Å². The van der Waals surface area contributed by atoms with Crippen LogP contribution >= 0.6 is 11.6 Å². The van der Waals surface area contributed by atoms with E-state index in [1.807, 2.05) is 43.0 Å². The minimum Gasteiger partial charge on any atom is -0.488 e. The summed E-state index contributed by atoms with van der Waals surface area (Å²) in [6, 6.07) is 9.52. The predicted molar refractivity (Wildman–Crippen MR) is 163 cm³/mol. The molecule has 11 heteroatoms. The number of halogens is 1. The first kappa shape index (κ1) is 29.3. The van der Waals surface area contributed by atoms with Crippen molar-refractivity contribution >= 4 is 51.5 Å². The summed E-state index contributed by atoms with van der Waals surface area (Å²) in [6.07, 6.45) is 4.23. The highest BCUT2D eigenvalue weighted by molar-refractivity contribution is 7.85. The Kier molecular flexibility index (Phi) is 8.82. The molecule has 218 valence electrons. The van der Waals surface area contributed by atoms with E-state index >= 15 is 0 Å². The van der Waals surface area contributed by atoms with E-state index in [2.05, 4.69) is 40.5 Å². The monoisotopic (exact) mass is 597 g/mol. The molecule has 2 atom stereocenters. The van der Waals surface area contributed by atoms with Crippen LogP contribution in [0.4, 0.5) is 23.1 Å². The highest BCUT2D eigenvalue weighted by Crippen LogP contribution is 2.45. The number of carboxylic acid groups (broad SMARTS) is 1. The molecule has 2 aliphatic heterocycles. The lowest BCUT2D eigenvalue weighted by Crippen LogP contribution is -2.37. The fourth-order valence-electron chi connectivity index (χ4n) is 5.74. The van der Waals surface area contributed by atoms with Gasteiger partial charge in [-0.05, 0) is 75.0 Å². The summed E-state index contributed by atoms with van der Waals surface area (Å²) < 4.78 is 19.2. The maximum absolute atomic E-state index is 12.9. The van der Waals surface area contributed by atoms with Crippen molar-refractivity contribution in [3.63, 3.8) is 0 Å². The number of rotatable bonds is 9. The number of anilines is 4. The van der Waals surface area contributed by atoms with E-state index in [0.717, 1.165) is 49.4 Å². The van der Waals surface area contributed by atoms with Gasteiger partial charge in [0.05, 0.1) is 39.8 Å². The summed E-state index contributed by atoms with van der Waals surface area (Å²) in [5.74, 6) is 1.16. The van der Waals surface area contributed by atoms with Crippen molar-refractivity contribution < 1.29 is 18.8 Å². The third-order valence-corrected chi connectivity index (χ3v) is 9.49. The number of benzene rings is 2. The van der Waals surface area contributed by atoms with Gasteiger partial charge in [-0.3, -0.25) is 13.9 Å². The molecule has 0 radical (unpaired) electrons. The molecule has 1 saturated heterocycles. The average molecular weight is 598 g/mol. The zero-order valence-corrected chi connectivity index (χ0v) is 25.3. The van der Waals surface area contributed by atoms with Crippen LogP contribution in [0.1, 0.15) is 56.2 Å². The van der Waals surface area contributed by atoms with Gasteiger partial charge < -0.3 is 20.5 Å². The summed E-state index contributed by atoms with van der Waals surface area (Å²) in [5.41, 5.74) is 5.16. The van der Waals surface area contributed by atoms with Crippen molar-refractivity contribution in [1.82, 2.24) is 14.9 Å². The molecular weight excluding hydrogens is 562 g/mol. The van der Waals surface area contributed by atoms with Crippen LogP contribution in [0.5, 0.6) is 5.75 Å². The summed E-state index contributed by atoms with van der Waals surface area (Å²) in [7, 11) is -1.19. The van der Waals surface area contributed by atoms with Crippen molar-refractivity contribution in [3.05, 3.63) is 58.2 Å². The minimum absolute atomic E-state index is 0.0379. The van der Waals surface area contributed by atoms with E-state index in [0.29, 0.717) is 33.3 Å². The first-order valence-corrected chi connectivity index (χ1v) is 15.5. The molecule has 1 aromatic heterocycles. The van der Waals surface area contributed by atoms with Crippen LogP contribution < -0.4 is 15.4 Å². The lowest BCUT2D eigenvalue weighted by Gasteiger charge is -2.33. The molecule has 0 spiro atoms. The number of likely N-dealkylation sites (tertiary alicyclic amines) is 1. The normalized spacial score (nSPS) is 18.1. The zero-order valence-electron chi connectivity index (χ0n) is 23.7. The van der Waals surface area contributed by atoms with Gasteiger partial charge in [-0.25, -0.2) is 4.98 Å². The van der Waals surface area contributed by atoms with Crippen LogP contribution in [0.3, 0.4) is 0 Å². The molecular formula is C30H36ClN5O4S. The molecule has 2 aliphatic rings. The Morgan fingerprint density at radius 2 is 1.95 bits per heavy atom. The standard InChI is InChI=1S/C30H36ClN5O4S/c1-17(2)41(39)25-8-6-5-7-23(25)33-29-22(31)15-32-30(35-29)34-24-13-18(3)27(21-14-19(4)40-28(21)24)20-9-11-36(12-10-20)16-26(37)38/h5-8,13,15,17,19-20H,9-12,14,16H2,1-4H3,(H,37,38)(H2,32,33,34,35). The summed E-state index contributed by atoms with van der Waals surface area (Å²) in [4.78, 5) is 22.9. The van der Waals surface area contributed by atoms with Gasteiger partial charge in [0.25, 0.3) is 0 Å². The third-order valence-electron chi connectivity index (χ3n) is 7.57. The Morgan fingerprint density at radius 3 is 2.66 bits per heavy atom. The smallest absolute Gasteiger partial charge is 0.317 e. The number of nitrogens with zero attached hydrogens (tertiary/aromatic N) is 3. The molecule has 3 N–H and O–H groups in total. The molecule has 3 heterocycles. The van der Waals surface area contributed by atoms with Gasteiger partial charge in [0, 0.05) is 17.2 Å². The summed E-state index contributed by atoms with van der Waals surface area (Å²) in [5, 5.41) is 16.1. The zero-order chi connectivity index (χ0) is 29.3. The number of aryl methyl sites for hydroxylation is 1. The number of hydrogen-bond acceptors (Lipinski definition) is 8. The number of piperidine rings is 1. The number of nitrogens with one attached hydrogen (secondary N) is 2. The first-order chi connectivity index (χ1) is 19.6. The molecule has 3 aromatic rings. The highest BCUT2D eigenvalue weighted by Gasteiger charge is 2.32. The number of hydrogen-bond donors (Lipinski definition) is 3. The van der Waals surface area contributed by atoms with Crippen LogP contribution in [-0.4, -0.2) is 61.1 Å². The number of aliphatic carboxylic acids is 1. The lowest BCUT2D eigenvalue weighted by atomic mass is 9.82. The molecule has 2 aromatic carbocycles. The minimum atomic E-state index is -1.19. The van der Waals surface area contributed by atoms with E-state index in [9.17, 15) is 9.00 Å². The van der Waals surface area contributed by atoms with E-state index in [1.54, 1.807) is 0 Å². The van der Waals surface area contributed by atoms with Crippen molar-refractivity contribution in [1.29, 1.82) is 0 Å². The Hall–Kier alpha value is -3.21. The Morgan fingerprint density at radius 1 is 1.22 bits per heavy atom. The molecule has 5 rings (SSSR count). The average Bonchev–Trinajstić information content (AvgIpc) is 3.32. The second-order valence-corrected chi connectivity index (χ2v) is 13.4. The molecule has 9 nitrogen and oxygen atoms in total. The maximum atomic E-state index is 12.9. The van der Waals surface area contributed by atoms with Crippen LogP contribution in [0.15, 0.2) is 41.4 Å². The molecule has 0 saturated carbocycles. The number of carboxylic acids is 1. The Bertz CT molecular complexity index is 1480. The fourth-order valence-corrected chi connectivity index (χ4v) is 6.94. The van der Waals surface area contributed by atoms with Gasteiger partial charge in [0.1, 0.15) is 16.9 Å². The van der Waals surface area contributed by atoms with Crippen molar-refractivity contribution in [2.24, 2.45) is 0 Å². The molecule has 1 fully saturated rings. The number of carbonyl (C=O) groups is 1. The SMILES string of the molecule is Cc1cc(Nc2ncc(Cl)c(Nc3ccccc3S(=O)C(C)C)n2)c2c(c1C1CCN(CC(=O)O)CC1)CC(C)O2. The maximum Gasteiger partial charge on any atom is 0.317 e. The largest absolute Gasteiger partial charge is 0.488 e. The van der Waals surface area contributed by atoms with Gasteiger partial charge in [0.2, 0.25) is 5.95 Å². The highest BCUT2D eigenvalue weighted by atomic mass is 35.5. The lowest BCUT2D eigenvalue weighted by molar-refractivity contribution is -0.138. The third kappa shape index (κ3) is 6.50. The number of ether oxygens (including phenoxy) is 1. The summed E-state index contributed by atoms with van der Waals surface area (Å²) in [6.45, 7) is 9.65. The van der Waals surface area contributed by atoms with E-state index < -0.39 is 16.8 Å². The topological polar surface area (TPSA) is 117 Å². The Labute approximate surface area is 248 Å². The van der Waals surface area contributed by atoms with Crippen LogP contribution in [-0.2, 0) is 22.0 Å². The fraction of sp³-hybridized carbons (Fsp3) is 0.433. The quantitative estimate of drug-likeness (QED) is 0.272. The van der Waals surface area contributed by atoms with Gasteiger partial charge in [-0.15, -0.1) is 0 Å². The van der Waals surface area contributed by atoms with Crippen LogP contribution in [0.25, 0.3) is 0 Å². The molecule has 0 amide bonds.